The number of hydrogen-bond acceptors (Lipinski definition) is 4. The summed E-state index contributed by atoms with van der Waals surface area (Å²) in [4.78, 5) is 16.5. The van der Waals surface area contributed by atoms with Crippen LogP contribution in [0.15, 0.2) is 54.7 Å². The number of halogens is 1. The number of nitrogens with one attached hydrogen (secondary N) is 1. The van der Waals surface area contributed by atoms with Crippen LogP contribution in [0.4, 0.5) is 5.69 Å². The van der Waals surface area contributed by atoms with E-state index in [1.807, 2.05) is 18.2 Å². The van der Waals surface area contributed by atoms with Crippen molar-refractivity contribution < 1.29 is 14.3 Å². The second kappa shape index (κ2) is 7.19. The number of methoxy groups -OCH3 is 1. The number of anilines is 1. The van der Waals surface area contributed by atoms with E-state index < -0.39 is 0 Å². The Morgan fingerprint density at radius 3 is 2.71 bits per heavy atom. The lowest BCUT2D eigenvalue weighted by Crippen LogP contribution is -2.20. The molecular formula is C18H15ClN2O3. The standard InChI is InChI=1S/C18H15ClN2O3/c1-23-15-9-12-3-2-8-20-18(12)16(10-15)21-17(22)11-24-14-6-4-13(19)5-7-14/h2-10H,11H2,1H3,(H,21,22). The first-order valence-corrected chi connectivity index (χ1v) is 7.64. The number of nitrogens with zero attached hydrogens (tertiary/aromatic N) is 1. The number of amides is 1. The van der Waals surface area contributed by atoms with Gasteiger partial charge < -0.3 is 14.8 Å². The summed E-state index contributed by atoms with van der Waals surface area (Å²) in [5, 5.41) is 4.30. The van der Waals surface area contributed by atoms with Crippen LogP contribution in [-0.2, 0) is 4.79 Å². The molecule has 0 atom stereocenters. The lowest BCUT2D eigenvalue weighted by atomic mass is 10.2. The molecule has 1 N–H and O–H groups in total. The van der Waals surface area contributed by atoms with Crippen molar-refractivity contribution in [3.8, 4) is 11.5 Å². The molecule has 3 rings (SSSR count). The minimum Gasteiger partial charge on any atom is -0.497 e. The molecule has 1 amide bonds. The molecule has 2 aromatic carbocycles. The summed E-state index contributed by atoms with van der Waals surface area (Å²) in [6.45, 7) is -0.118. The van der Waals surface area contributed by atoms with Crippen molar-refractivity contribution >= 4 is 34.1 Å². The highest BCUT2D eigenvalue weighted by Gasteiger charge is 2.10. The Balaban J connectivity index is 1.74. The van der Waals surface area contributed by atoms with Crippen molar-refractivity contribution in [2.75, 3.05) is 19.0 Å². The van der Waals surface area contributed by atoms with Crippen molar-refractivity contribution in [1.29, 1.82) is 0 Å². The molecule has 0 saturated carbocycles. The summed E-state index contributed by atoms with van der Waals surface area (Å²) in [6, 6.07) is 14.2. The first kappa shape index (κ1) is 16.1. The smallest absolute Gasteiger partial charge is 0.262 e. The molecule has 3 aromatic rings. The van der Waals surface area contributed by atoms with Gasteiger partial charge >= 0.3 is 0 Å². The normalized spacial score (nSPS) is 10.4. The maximum atomic E-state index is 12.2. The van der Waals surface area contributed by atoms with Crippen LogP contribution in [0.25, 0.3) is 10.9 Å². The summed E-state index contributed by atoms with van der Waals surface area (Å²) in [6.07, 6.45) is 1.68. The van der Waals surface area contributed by atoms with E-state index in [9.17, 15) is 4.79 Å². The monoisotopic (exact) mass is 342 g/mol. The van der Waals surface area contributed by atoms with Crippen LogP contribution in [0, 0.1) is 0 Å². The number of benzene rings is 2. The van der Waals surface area contributed by atoms with E-state index >= 15 is 0 Å². The molecule has 0 aliphatic carbocycles. The molecule has 0 unspecified atom stereocenters. The van der Waals surface area contributed by atoms with Gasteiger partial charge in [0.1, 0.15) is 11.5 Å². The maximum Gasteiger partial charge on any atom is 0.262 e. The second-order valence-corrected chi connectivity index (χ2v) is 5.48. The highest BCUT2D eigenvalue weighted by molar-refractivity contribution is 6.30. The third-order valence-electron chi connectivity index (χ3n) is 3.37. The zero-order chi connectivity index (χ0) is 16.9. The predicted octanol–water partition coefficient (Wildman–Crippen LogP) is 3.91. The molecule has 0 bridgehead atoms. The Kier molecular flexibility index (Phi) is 4.82. The molecule has 0 aliphatic rings. The van der Waals surface area contributed by atoms with Crippen LogP contribution in [-0.4, -0.2) is 24.6 Å². The number of hydrogen-bond donors (Lipinski definition) is 1. The second-order valence-electron chi connectivity index (χ2n) is 5.04. The largest absolute Gasteiger partial charge is 0.497 e. The average Bonchev–Trinajstić information content (AvgIpc) is 2.61. The van der Waals surface area contributed by atoms with Gasteiger partial charge in [-0.05, 0) is 36.4 Å². The first-order chi connectivity index (χ1) is 11.7. The zero-order valence-electron chi connectivity index (χ0n) is 13.0. The predicted molar refractivity (Wildman–Crippen MR) is 93.9 cm³/mol. The summed E-state index contributed by atoms with van der Waals surface area (Å²) in [5.74, 6) is 0.928. The van der Waals surface area contributed by atoms with Gasteiger partial charge in [-0.25, -0.2) is 0 Å². The van der Waals surface area contributed by atoms with Crippen LogP contribution in [0.3, 0.4) is 0 Å². The van der Waals surface area contributed by atoms with E-state index in [4.69, 9.17) is 21.1 Å². The molecule has 6 heteroatoms. The van der Waals surface area contributed by atoms with Gasteiger partial charge in [-0.3, -0.25) is 9.78 Å². The Hall–Kier alpha value is -2.79. The molecule has 0 fully saturated rings. The van der Waals surface area contributed by atoms with Crippen molar-refractivity contribution in [3.05, 3.63) is 59.8 Å². The molecule has 0 radical (unpaired) electrons. The number of fused-ring (bicyclic) bond motifs is 1. The maximum absolute atomic E-state index is 12.2. The highest BCUT2D eigenvalue weighted by atomic mass is 35.5. The molecule has 1 aromatic heterocycles. The lowest BCUT2D eigenvalue weighted by Gasteiger charge is -2.11. The molecule has 5 nitrogen and oxygen atoms in total. The Labute approximate surface area is 144 Å². The van der Waals surface area contributed by atoms with Gasteiger partial charge in [0.15, 0.2) is 6.61 Å². The minimum atomic E-state index is -0.287. The number of pyridine rings is 1. The zero-order valence-corrected chi connectivity index (χ0v) is 13.7. The average molecular weight is 343 g/mol. The Bertz CT molecular complexity index is 866. The third kappa shape index (κ3) is 3.75. The summed E-state index contributed by atoms with van der Waals surface area (Å²) < 4.78 is 10.7. The van der Waals surface area contributed by atoms with Crippen LogP contribution >= 0.6 is 11.6 Å². The number of aromatic nitrogens is 1. The summed E-state index contributed by atoms with van der Waals surface area (Å²) in [7, 11) is 1.58. The fraction of sp³-hybridized carbons (Fsp3) is 0.111. The first-order valence-electron chi connectivity index (χ1n) is 7.27. The lowest BCUT2D eigenvalue weighted by molar-refractivity contribution is -0.118. The fourth-order valence-corrected chi connectivity index (χ4v) is 2.37. The van der Waals surface area contributed by atoms with Gasteiger partial charge in [-0.1, -0.05) is 17.7 Å². The quantitative estimate of drug-likeness (QED) is 0.763. The van der Waals surface area contributed by atoms with E-state index in [0.29, 0.717) is 27.7 Å². The van der Waals surface area contributed by atoms with E-state index in [1.165, 1.54) is 0 Å². The van der Waals surface area contributed by atoms with Crippen LogP contribution in [0.1, 0.15) is 0 Å². The van der Waals surface area contributed by atoms with Gasteiger partial charge in [0.2, 0.25) is 0 Å². The van der Waals surface area contributed by atoms with Crippen molar-refractivity contribution in [2.24, 2.45) is 0 Å². The molecular weight excluding hydrogens is 328 g/mol. The van der Waals surface area contributed by atoms with Crippen molar-refractivity contribution in [3.63, 3.8) is 0 Å². The van der Waals surface area contributed by atoms with E-state index in [1.54, 1.807) is 43.6 Å². The topological polar surface area (TPSA) is 60.5 Å². The van der Waals surface area contributed by atoms with Crippen molar-refractivity contribution in [1.82, 2.24) is 4.98 Å². The van der Waals surface area contributed by atoms with Crippen LogP contribution < -0.4 is 14.8 Å². The fourth-order valence-electron chi connectivity index (χ4n) is 2.24. The SMILES string of the molecule is COc1cc(NC(=O)COc2ccc(Cl)cc2)c2ncccc2c1. The number of carbonyl (C=O) groups is 1. The number of carbonyl (C=O) groups excluding carboxylic acids is 1. The Morgan fingerprint density at radius 2 is 1.96 bits per heavy atom. The van der Waals surface area contributed by atoms with E-state index in [0.717, 1.165) is 5.39 Å². The molecule has 0 spiro atoms. The third-order valence-corrected chi connectivity index (χ3v) is 3.62. The van der Waals surface area contributed by atoms with Crippen molar-refractivity contribution in [2.45, 2.75) is 0 Å². The van der Waals surface area contributed by atoms with Gasteiger partial charge in [0.05, 0.1) is 18.3 Å². The number of rotatable bonds is 5. The minimum absolute atomic E-state index is 0.118. The van der Waals surface area contributed by atoms with Gasteiger partial charge in [0, 0.05) is 22.7 Å². The Morgan fingerprint density at radius 1 is 1.17 bits per heavy atom. The molecule has 24 heavy (non-hydrogen) atoms. The summed E-state index contributed by atoms with van der Waals surface area (Å²) >= 11 is 5.81. The molecule has 122 valence electrons. The van der Waals surface area contributed by atoms with Gasteiger partial charge in [-0.15, -0.1) is 0 Å². The molecule has 0 saturated heterocycles. The van der Waals surface area contributed by atoms with E-state index in [2.05, 4.69) is 10.3 Å². The van der Waals surface area contributed by atoms with E-state index in [-0.39, 0.29) is 12.5 Å². The van der Waals surface area contributed by atoms with Crippen LogP contribution in [0.2, 0.25) is 5.02 Å². The van der Waals surface area contributed by atoms with Gasteiger partial charge in [0.25, 0.3) is 5.91 Å². The number of ether oxygens (including phenoxy) is 2. The molecule has 0 aliphatic heterocycles. The summed E-state index contributed by atoms with van der Waals surface area (Å²) in [5.41, 5.74) is 1.27. The molecule has 1 heterocycles. The highest BCUT2D eigenvalue weighted by Crippen LogP contribution is 2.27. The van der Waals surface area contributed by atoms with Crippen LogP contribution in [0.5, 0.6) is 11.5 Å². The van der Waals surface area contributed by atoms with Gasteiger partial charge in [-0.2, -0.15) is 0 Å².